The van der Waals surface area contributed by atoms with E-state index in [2.05, 4.69) is 9.44 Å². The smallest absolute Gasteiger partial charge is 0.328 e. The largest absolute Gasteiger partial charge is 0.495 e. The van der Waals surface area contributed by atoms with Crippen molar-refractivity contribution in [2.75, 3.05) is 30.8 Å². The standard InChI is InChI=1S/C24H24N2O9S2/c1-33-20-10-5-4-9-19(20)26-36(29,30)18-8-6-7-17(15-18)25-37(31,32)22-14-16(11-12-23(27)28)13-21(34-2)24(22)35-3/h4-15,25-26H,1-3H3,(H,27,28). The predicted molar refractivity (Wildman–Crippen MR) is 137 cm³/mol. The highest BCUT2D eigenvalue weighted by molar-refractivity contribution is 7.93. The van der Waals surface area contributed by atoms with Crippen LogP contribution in [0.4, 0.5) is 11.4 Å². The fraction of sp³-hybridized carbons (Fsp3) is 0.125. The fourth-order valence-corrected chi connectivity index (χ4v) is 5.66. The van der Waals surface area contributed by atoms with E-state index < -0.39 is 26.0 Å². The number of hydrogen-bond acceptors (Lipinski definition) is 8. The minimum Gasteiger partial charge on any atom is -0.495 e. The molecule has 0 fully saturated rings. The van der Waals surface area contributed by atoms with Crippen molar-refractivity contribution in [2.24, 2.45) is 0 Å². The summed E-state index contributed by atoms with van der Waals surface area (Å²) in [6.07, 6.45) is 2.04. The Balaban J connectivity index is 1.99. The Kier molecular flexibility index (Phi) is 8.30. The number of hydrogen-bond donors (Lipinski definition) is 3. The second-order valence-corrected chi connectivity index (χ2v) is 10.7. The van der Waals surface area contributed by atoms with Gasteiger partial charge in [-0.1, -0.05) is 18.2 Å². The summed E-state index contributed by atoms with van der Waals surface area (Å²) in [4.78, 5) is 10.3. The first-order chi connectivity index (χ1) is 17.5. The quantitative estimate of drug-likeness (QED) is 0.305. The summed E-state index contributed by atoms with van der Waals surface area (Å²) in [5.41, 5.74) is 0.382. The molecule has 37 heavy (non-hydrogen) atoms. The molecule has 0 saturated heterocycles. The molecule has 0 spiro atoms. The number of benzene rings is 3. The fourth-order valence-electron chi connectivity index (χ4n) is 3.28. The first kappa shape index (κ1) is 27.4. The Morgan fingerprint density at radius 3 is 2.16 bits per heavy atom. The molecule has 0 radical (unpaired) electrons. The zero-order valence-electron chi connectivity index (χ0n) is 20.0. The number of ether oxygens (including phenoxy) is 3. The van der Waals surface area contributed by atoms with Crippen LogP contribution in [0.2, 0.25) is 0 Å². The van der Waals surface area contributed by atoms with Gasteiger partial charge in [0.25, 0.3) is 20.0 Å². The molecular weight excluding hydrogens is 524 g/mol. The van der Waals surface area contributed by atoms with E-state index in [4.69, 9.17) is 19.3 Å². The topological polar surface area (TPSA) is 157 Å². The SMILES string of the molecule is COc1ccccc1NS(=O)(=O)c1cccc(NS(=O)(=O)c2cc(C=CC(=O)O)cc(OC)c2OC)c1. The molecule has 0 saturated carbocycles. The number of nitrogens with one attached hydrogen (secondary N) is 2. The molecule has 0 bridgehead atoms. The van der Waals surface area contributed by atoms with Gasteiger partial charge in [-0.3, -0.25) is 9.44 Å². The molecule has 3 aromatic rings. The molecule has 196 valence electrons. The molecular formula is C24H24N2O9S2. The summed E-state index contributed by atoms with van der Waals surface area (Å²) < 4.78 is 72.9. The number of carboxylic acid groups (broad SMARTS) is 1. The molecule has 0 amide bonds. The third-order valence-corrected chi connectivity index (χ3v) is 7.67. The van der Waals surface area contributed by atoms with E-state index >= 15 is 0 Å². The van der Waals surface area contributed by atoms with Crippen molar-refractivity contribution in [1.29, 1.82) is 0 Å². The first-order valence-electron chi connectivity index (χ1n) is 10.5. The molecule has 0 atom stereocenters. The van der Waals surface area contributed by atoms with Gasteiger partial charge in [-0.25, -0.2) is 21.6 Å². The Hall–Kier alpha value is -4.23. The molecule has 13 heteroatoms. The summed E-state index contributed by atoms with van der Waals surface area (Å²) in [6, 6.07) is 14.2. The summed E-state index contributed by atoms with van der Waals surface area (Å²) in [6.45, 7) is 0. The maximum absolute atomic E-state index is 13.3. The normalized spacial score (nSPS) is 11.6. The van der Waals surface area contributed by atoms with Gasteiger partial charge in [-0.05, 0) is 54.1 Å². The van der Waals surface area contributed by atoms with E-state index in [1.54, 1.807) is 18.2 Å². The first-order valence-corrected chi connectivity index (χ1v) is 13.4. The number of carbonyl (C=O) groups is 1. The number of carboxylic acids is 1. The minimum absolute atomic E-state index is 0.0459. The Bertz CT molecular complexity index is 1550. The minimum atomic E-state index is -4.35. The number of sulfonamides is 2. The number of methoxy groups -OCH3 is 3. The molecule has 0 aliphatic rings. The molecule has 3 aromatic carbocycles. The second-order valence-electron chi connectivity index (χ2n) is 7.37. The van der Waals surface area contributed by atoms with Crippen LogP contribution in [0.15, 0.2) is 76.5 Å². The zero-order chi connectivity index (χ0) is 27.2. The van der Waals surface area contributed by atoms with E-state index in [9.17, 15) is 21.6 Å². The highest BCUT2D eigenvalue weighted by Gasteiger charge is 2.25. The summed E-state index contributed by atoms with van der Waals surface area (Å²) in [5, 5.41) is 8.91. The monoisotopic (exact) mass is 548 g/mol. The number of para-hydroxylation sites is 2. The number of rotatable bonds is 11. The second kappa shape index (κ2) is 11.2. The van der Waals surface area contributed by atoms with Gasteiger partial charge in [0.2, 0.25) is 0 Å². The summed E-state index contributed by atoms with van der Waals surface area (Å²) in [7, 11) is -4.51. The van der Waals surface area contributed by atoms with Crippen LogP contribution >= 0.6 is 0 Å². The van der Waals surface area contributed by atoms with Gasteiger partial charge >= 0.3 is 5.97 Å². The average Bonchev–Trinajstić information content (AvgIpc) is 2.86. The highest BCUT2D eigenvalue weighted by Crippen LogP contribution is 2.37. The lowest BCUT2D eigenvalue weighted by molar-refractivity contribution is -0.131. The number of anilines is 2. The van der Waals surface area contributed by atoms with Crippen molar-refractivity contribution in [3.63, 3.8) is 0 Å². The van der Waals surface area contributed by atoms with Gasteiger partial charge in [0.05, 0.1) is 37.6 Å². The van der Waals surface area contributed by atoms with Gasteiger partial charge in [0.15, 0.2) is 11.5 Å². The van der Waals surface area contributed by atoms with Crippen molar-refractivity contribution in [3.8, 4) is 17.2 Å². The molecule has 0 aliphatic heterocycles. The predicted octanol–water partition coefficient (Wildman–Crippen LogP) is 3.41. The van der Waals surface area contributed by atoms with Crippen molar-refractivity contribution in [3.05, 3.63) is 72.3 Å². The van der Waals surface area contributed by atoms with E-state index in [0.29, 0.717) is 5.75 Å². The van der Waals surface area contributed by atoms with E-state index in [-0.39, 0.29) is 38.2 Å². The maximum atomic E-state index is 13.3. The van der Waals surface area contributed by atoms with E-state index in [0.717, 1.165) is 12.1 Å². The highest BCUT2D eigenvalue weighted by atomic mass is 32.2. The van der Waals surface area contributed by atoms with Gasteiger partial charge < -0.3 is 19.3 Å². The van der Waals surface area contributed by atoms with Crippen LogP contribution in [-0.4, -0.2) is 49.2 Å². The van der Waals surface area contributed by atoms with Crippen molar-refractivity contribution in [2.45, 2.75) is 9.79 Å². The lowest BCUT2D eigenvalue weighted by atomic mass is 10.2. The van der Waals surface area contributed by atoms with Gasteiger partial charge in [-0.15, -0.1) is 0 Å². The Morgan fingerprint density at radius 2 is 1.51 bits per heavy atom. The van der Waals surface area contributed by atoms with Gasteiger partial charge in [0, 0.05) is 6.08 Å². The Labute approximate surface area is 214 Å². The molecule has 0 heterocycles. The lowest BCUT2D eigenvalue weighted by Gasteiger charge is -2.16. The average molecular weight is 549 g/mol. The lowest BCUT2D eigenvalue weighted by Crippen LogP contribution is -2.16. The van der Waals surface area contributed by atoms with Crippen LogP contribution in [0, 0.1) is 0 Å². The molecule has 3 N–H and O–H groups in total. The van der Waals surface area contributed by atoms with E-state index in [1.165, 1.54) is 63.8 Å². The molecule has 11 nitrogen and oxygen atoms in total. The zero-order valence-corrected chi connectivity index (χ0v) is 21.6. The van der Waals surface area contributed by atoms with Crippen LogP contribution in [0.25, 0.3) is 6.08 Å². The summed E-state index contributed by atoms with van der Waals surface area (Å²) in [5.74, 6) is -0.991. The van der Waals surface area contributed by atoms with Crippen LogP contribution < -0.4 is 23.7 Å². The molecule has 0 unspecified atom stereocenters. The van der Waals surface area contributed by atoms with E-state index in [1.807, 2.05) is 0 Å². The van der Waals surface area contributed by atoms with Gasteiger partial charge in [0.1, 0.15) is 10.6 Å². The molecule has 0 aromatic heterocycles. The summed E-state index contributed by atoms with van der Waals surface area (Å²) >= 11 is 0. The van der Waals surface area contributed by atoms with Crippen LogP contribution in [-0.2, 0) is 24.8 Å². The maximum Gasteiger partial charge on any atom is 0.328 e. The third kappa shape index (κ3) is 6.51. The Morgan fingerprint density at radius 1 is 0.811 bits per heavy atom. The third-order valence-electron chi connectivity index (χ3n) is 4.92. The van der Waals surface area contributed by atoms with Crippen molar-refractivity contribution in [1.82, 2.24) is 0 Å². The van der Waals surface area contributed by atoms with Crippen LogP contribution in [0.5, 0.6) is 17.2 Å². The van der Waals surface area contributed by atoms with Crippen molar-refractivity contribution >= 4 is 43.5 Å². The van der Waals surface area contributed by atoms with Crippen molar-refractivity contribution < 1.29 is 40.9 Å². The number of aliphatic carboxylic acids is 1. The molecule has 0 aliphatic carbocycles. The van der Waals surface area contributed by atoms with Crippen LogP contribution in [0.3, 0.4) is 0 Å². The van der Waals surface area contributed by atoms with Gasteiger partial charge in [-0.2, -0.15) is 0 Å². The molecule has 3 rings (SSSR count). The van der Waals surface area contributed by atoms with Crippen LogP contribution in [0.1, 0.15) is 5.56 Å².